The highest BCUT2D eigenvalue weighted by molar-refractivity contribution is 5.93. The van der Waals surface area contributed by atoms with E-state index in [0.29, 0.717) is 22.8 Å². The van der Waals surface area contributed by atoms with Gasteiger partial charge in [0.1, 0.15) is 5.82 Å². The van der Waals surface area contributed by atoms with Gasteiger partial charge in [0.25, 0.3) is 0 Å². The van der Waals surface area contributed by atoms with Crippen LogP contribution in [0.3, 0.4) is 0 Å². The molecule has 1 aliphatic heterocycles. The molecule has 0 atom stereocenters. The Balaban J connectivity index is 1.64. The number of fused-ring (bicyclic) bond motifs is 1. The molecular formula is C22H23F3N4O2. The molecule has 3 aromatic rings. The molecule has 0 saturated carbocycles. The molecule has 6 nitrogen and oxygen atoms in total. The number of phenolic OH excluding ortho intramolecular Hbond substituents is 1. The molecule has 0 radical (unpaired) electrons. The second kappa shape index (κ2) is 8.49. The smallest absolute Gasteiger partial charge is 0.416 e. The van der Waals surface area contributed by atoms with E-state index in [-0.39, 0.29) is 12.3 Å². The van der Waals surface area contributed by atoms with E-state index in [1.165, 1.54) is 31.7 Å². The molecule has 9 heteroatoms. The van der Waals surface area contributed by atoms with Gasteiger partial charge in [0.05, 0.1) is 18.2 Å². The van der Waals surface area contributed by atoms with Gasteiger partial charge < -0.3 is 20.1 Å². The maximum Gasteiger partial charge on any atom is 0.416 e. The Kier molecular flexibility index (Phi) is 5.75. The van der Waals surface area contributed by atoms with E-state index < -0.39 is 11.7 Å². The quantitative estimate of drug-likeness (QED) is 0.594. The Bertz CT molecular complexity index is 1070. The molecule has 0 amide bonds. The van der Waals surface area contributed by atoms with Gasteiger partial charge >= 0.3 is 6.18 Å². The van der Waals surface area contributed by atoms with Gasteiger partial charge in [-0.05, 0) is 43.0 Å². The van der Waals surface area contributed by atoms with Crippen molar-refractivity contribution in [2.75, 3.05) is 30.4 Å². The van der Waals surface area contributed by atoms with Gasteiger partial charge in [0.2, 0.25) is 5.95 Å². The molecule has 4 rings (SSSR count). The number of rotatable bonds is 5. The summed E-state index contributed by atoms with van der Waals surface area (Å²) in [6, 6.07) is 8.24. The van der Waals surface area contributed by atoms with Gasteiger partial charge in [-0.25, -0.2) is 4.98 Å². The second-order valence-electron chi connectivity index (χ2n) is 7.51. The van der Waals surface area contributed by atoms with Crippen molar-refractivity contribution in [3.05, 3.63) is 47.5 Å². The van der Waals surface area contributed by atoms with Crippen LogP contribution in [-0.2, 0) is 12.7 Å². The van der Waals surface area contributed by atoms with Crippen molar-refractivity contribution in [2.24, 2.45) is 0 Å². The molecule has 0 bridgehead atoms. The number of benzene rings is 2. The number of hydrogen-bond donors (Lipinski definition) is 2. The molecule has 2 heterocycles. The minimum atomic E-state index is -4.36. The predicted octanol–water partition coefficient (Wildman–Crippen LogP) is 4.97. The van der Waals surface area contributed by atoms with Gasteiger partial charge in [-0.2, -0.15) is 18.2 Å². The van der Waals surface area contributed by atoms with E-state index in [9.17, 15) is 18.3 Å². The Morgan fingerprint density at radius 2 is 1.77 bits per heavy atom. The molecular weight excluding hydrogens is 409 g/mol. The molecule has 0 unspecified atom stereocenters. The number of phenols is 1. The first-order valence-electron chi connectivity index (χ1n) is 10.1. The highest BCUT2D eigenvalue weighted by Gasteiger charge is 2.29. The van der Waals surface area contributed by atoms with Crippen LogP contribution >= 0.6 is 0 Å². The molecule has 164 valence electrons. The average Bonchev–Trinajstić information content (AvgIpc) is 2.77. The molecule has 0 spiro atoms. The summed E-state index contributed by atoms with van der Waals surface area (Å²) >= 11 is 0. The third-order valence-electron chi connectivity index (χ3n) is 5.36. The summed E-state index contributed by atoms with van der Waals surface area (Å²) in [4.78, 5) is 11.4. The van der Waals surface area contributed by atoms with Crippen LogP contribution in [0, 0.1) is 0 Å². The summed E-state index contributed by atoms with van der Waals surface area (Å²) in [7, 11) is 1.49. The number of alkyl halides is 3. The molecule has 0 aliphatic carbocycles. The SMILES string of the molecule is COc1cc2c(N3CCCCC3)nc(NCc3ccc(C(F)(F)F)cc3)nc2cc1O. The summed E-state index contributed by atoms with van der Waals surface area (Å²) in [5.41, 5.74) is 0.549. The van der Waals surface area contributed by atoms with Crippen molar-refractivity contribution < 1.29 is 23.0 Å². The molecule has 31 heavy (non-hydrogen) atoms. The number of ether oxygens (including phenoxy) is 1. The van der Waals surface area contributed by atoms with Crippen LogP contribution in [0.2, 0.25) is 0 Å². The van der Waals surface area contributed by atoms with Crippen LogP contribution in [0.1, 0.15) is 30.4 Å². The first-order chi connectivity index (χ1) is 14.8. The maximum atomic E-state index is 12.8. The van der Waals surface area contributed by atoms with E-state index in [1.54, 1.807) is 6.07 Å². The Hall–Kier alpha value is -3.23. The third-order valence-corrected chi connectivity index (χ3v) is 5.36. The predicted molar refractivity (Wildman–Crippen MR) is 113 cm³/mol. The largest absolute Gasteiger partial charge is 0.504 e. The van der Waals surface area contributed by atoms with Crippen molar-refractivity contribution >= 4 is 22.7 Å². The van der Waals surface area contributed by atoms with Gasteiger partial charge in [-0.3, -0.25) is 0 Å². The van der Waals surface area contributed by atoms with E-state index in [1.807, 2.05) is 0 Å². The Morgan fingerprint density at radius 3 is 2.42 bits per heavy atom. The fourth-order valence-electron chi connectivity index (χ4n) is 3.71. The van der Waals surface area contributed by atoms with Crippen molar-refractivity contribution in [2.45, 2.75) is 32.0 Å². The molecule has 1 saturated heterocycles. The third kappa shape index (κ3) is 4.60. The normalized spacial score (nSPS) is 14.6. The highest BCUT2D eigenvalue weighted by atomic mass is 19.4. The van der Waals surface area contributed by atoms with Crippen LogP contribution < -0.4 is 15.0 Å². The number of nitrogens with one attached hydrogen (secondary N) is 1. The van der Waals surface area contributed by atoms with Crippen LogP contribution in [0.5, 0.6) is 11.5 Å². The first kappa shape index (κ1) is 21.0. The van der Waals surface area contributed by atoms with Gasteiger partial charge in [-0.1, -0.05) is 12.1 Å². The first-order valence-corrected chi connectivity index (χ1v) is 10.1. The van der Waals surface area contributed by atoms with Crippen molar-refractivity contribution in [1.29, 1.82) is 0 Å². The lowest BCUT2D eigenvalue weighted by Crippen LogP contribution is -2.30. The number of anilines is 2. The van der Waals surface area contributed by atoms with Crippen LogP contribution in [0.4, 0.5) is 24.9 Å². The molecule has 2 N–H and O–H groups in total. The molecule has 1 fully saturated rings. The van der Waals surface area contributed by atoms with Crippen molar-refractivity contribution in [3.8, 4) is 11.5 Å². The van der Waals surface area contributed by atoms with E-state index in [4.69, 9.17) is 4.74 Å². The lowest BCUT2D eigenvalue weighted by molar-refractivity contribution is -0.137. The summed E-state index contributed by atoms with van der Waals surface area (Å²) in [5.74, 6) is 1.42. The van der Waals surface area contributed by atoms with E-state index in [0.717, 1.165) is 49.3 Å². The minimum Gasteiger partial charge on any atom is -0.504 e. The lowest BCUT2D eigenvalue weighted by atomic mass is 10.1. The summed E-state index contributed by atoms with van der Waals surface area (Å²) in [6.45, 7) is 2.01. The fraction of sp³-hybridized carbons (Fsp3) is 0.364. The van der Waals surface area contributed by atoms with Crippen LogP contribution in [0.25, 0.3) is 10.9 Å². The highest BCUT2D eigenvalue weighted by Crippen LogP contribution is 2.36. The summed E-state index contributed by atoms with van der Waals surface area (Å²) in [6.07, 6.45) is -1.06. The number of aromatic hydroxyl groups is 1. The van der Waals surface area contributed by atoms with Crippen molar-refractivity contribution in [3.63, 3.8) is 0 Å². The fourth-order valence-corrected chi connectivity index (χ4v) is 3.71. The molecule has 1 aromatic heterocycles. The monoisotopic (exact) mass is 432 g/mol. The van der Waals surface area contributed by atoms with Crippen LogP contribution in [-0.4, -0.2) is 35.3 Å². The average molecular weight is 432 g/mol. The second-order valence-corrected chi connectivity index (χ2v) is 7.51. The van der Waals surface area contributed by atoms with Crippen LogP contribution in [0.15, 0.2) is 36.4 Å². The lowest BCUT2D eigenvalue weighted by Gasteiger charge is -2.29. The number of hydrogen-bond acceptors (Lipinski definition) is 6. The van der Waals surface area contributed by atoms with Gasteiger partial charge in [0.15, 0.2) is 11.5 Å². The number of piperidine rings is 1. The van der Waals surface area contributed by atoms with E-state index in [2.05, 4.69) is 20.2 Å². The number of methoxy groups -OCH3 is 1. The Morgan fingerprint density at radius 1 is 1.06 bits per heavy atom. The zero-order valence-electron chi connectivity index (χ0n) is 17.0. The molecule has 1 aliphatic rings. The maximum absolute atomic E-state index is 12.8. The number of halogens is 3. The van der Waals surface area contributed by atoms with Gasteiger partial charge in [0, 0.05) is 31.1 Å². The topological polar surface area (TPSA) is 70.5 Å². The summed E-state index contributed by atoms with van der Waals surface area (Å²) in [5, 5.41) is 14.1. The van der Waals surface area contributed by atoms with E-state index >= 15 is 0 Å². The zero-order chi connectivity index (χ0) is 22.0. The number of nitrogens with zero attached hydrogens (tertiary/aromatic N) is 3. The van der Waals surface area contributed by atoms with Crippen molar-refractivity contribution in [1.82, 2.24) is 9.97 Å². The number of aromatic nitrogens is 2. The Labute approximate surface area is 177 Å². The molecule has 2 aromatic carbocycles. The summed E-state index contributed by atoms with van der Waals surface area (Å²) < 4.78 is 43.5. The van der Waals surface area contributed by atoms with Gasteiger partial charge in [-0.15, -0.1) is 0 Å². The minimum absolute atomic E-state index is 0.0213. The zero-order valence-corrected chi connectivity index (χ0v) is 17.0. The standard InChI is InChI=1S/C22H23F3N4O2/c1-31-19-11-16-17(12-18(19)30)27-21(28-20(16)29-9-3-2-4-10-29)26-13-14-5-7-15(8-6-14)22(23,24)25/h5-8,11-12,30H,2-4,9-10,13H2,1H3,(H,26,27,28).